The summed E-state index contributed by atoms with van der Waals surface area (Å²) in [4.78, 5) is 10.3. The normalized spacial score (nSPS) is 8.00. The molecule has 1 rings (SSSR count). The van der Waals surface area contributed by atoms with Crippen molar-refractivity contribution in [1.29, 1.82) is 0 Å². The largest absolute Gasteiger partial charge is 0.351 e. The molecule has 0 heterocycles. The molecule has 0 saturated carbocycles. The zero-order chi connectivity index (χ0) is 7.40. The number of carbonyl (C=O) groups excluding carboxylic acids is 1. The highest BCUT2D eigenvalue weighted by Gasteiger charge is 1.90. The Morgan fingerprint density at radius 2 is 1.82 bits per heavy atom. The quantitative estimate of drug-likeness (QED) is 0.557. The first-order valence-electron chi connectivity index (χ1n) is 2.90. The van der Waals surface area contributed by atoms with Gasteiger partial charge in [-0.25, -0.2) is 4.79 Å². The van der Waals surface area contributed by atoms with Crippen molar-refractivity contribution in [1.82, 2.24) is 0 Å². The average Bonchev–Trinajstić information content (AvgIpc) is 1.88. The second-order valence-corrected chi connectivity index (χ2v) is 1.86. The van der Waals surface area contributed by atoms with Gasteiger partial charge in [0.2, 0.25) is 0 Å². The van der Waals surface area contributed by atoms with Crippen LogP contribution in [-0.2, 0) is 0 Å². The van der Waals surface area contributed by atoms with Gasteiger partial charge in [0.1, 0.15) is 0 Å². The summed E-state index contributed by atoms with van der Waals surface area (Å²) in [6.07, 6.45) is 0. The van der Waals surface area contributed by atoms with Crippen molar-refractivity contribution in [2.75, 3.05) is 5.32 Å². The van der Waals surface area contributed by atoms with Gasteiger partial charge in [-0.15, -0.1) is 0 Å². The van der Waals surface area contributed by atoms with Gasteiger partial charge in [-0.2, -0.15) is 0 Å². The first kappa shape index (κ1) is 9.71. The number of nitrogens with two attached hydrogens (primary N) is 1. The van der Waals surface area contributed by atoms with E-state index in [2.05, 4.69) is 5.32 Å². The average molecular weight is 168 g/mol. The summed E-state index contributed by atoms with van der Waals surface area (Å²) in [7, 11) is 0. The van der Waals surface area contributed by atoms with E-state index >= 15 is 0 Å². The maximum Gasteiger partial charge on any atom is 0.316 e. The van der Waals surface area contributed by atoms with Crippen molar-refractivity contribution in [2.24, 2.45) is 5.73 Å². The molecule has 0 unspecified atom stereocenters. The summed E-state index contributed by atoms with van der Waals surface area (Å²) in [5, 5.41) is 2.44. The maximum absolute atomic E-state index is 10.3. The van der Waals surface area contributed by atoms with E-state index < -0.39 is 6.03 Å². The van der Waals surface area contributed by atoms with Gasteiger partial charge in [-0.05, 0) is 23.1 Å². The number of para-hydroxylation sites is 1. The van der Waals surface area contributed by atoms with Crippen molar-refractivity contribution in [2.45, 2.75) is 0 Å². The lowest BCUT2D eigenvalue weighted by Gasteiger charge is -1.97. The van der Waals surface area contributed by atoms with Crippen LogP contribution in [0.25, 0.3) is 0 Å². The van der Waals surface area contributed by atoms with Gasteiger partial charge in [0.25, 0.3) is 0 Å². The van der Waals surface area contributed by atoms with Crippen LogP contribution in [0, 0.1) is 0 Å². The molecule has 0 aromatic heterocycles. The number of benzene rings is 1. The lowest BCUT2D eigenvalue weighted by Crippen LogP contribution is -2.18. The molecule has 0 fully saturated rings. The van der Waals surface area contributed by atoms with Crippen LogP contribution in [0.2, 0.25) is 0 Å². The lowest BCUT2D eigenvalue weighted by atomic mass is 10.3. The first-order chi connectivity index (χ1) is 4.79. The summed E-state index contributed by atoms with van der Waals surface area (Å²) in [6, 6.07) is 8.52. The van der Waals surface area contributed by atoms with Gasteiger partial charge in [-0.1, -0.05) is 18.2 Å². The van der Waals surface area contributed by atoms with E-state index in [4.69, 9.17) is 5.73 Å². The predicted octanol–water partition coefficient (Wildman–Crippen LogP) is -0.274. The number of primary amides is 1. The van der Waals surface area contributed by atoms with E-state index in [1.807, 2.05) is 18.2 Å². The fourth-order valence-electron chi connectivity index (χ4n) is 0.664. The molecule has 0 radical (unpaired) electrons. The second kappa shape index (κ2) is 4.51. The van der Waals surface area contributed by atoms with Gasteiger partial charge in [-0.3, -0.25) is 0 Å². The van der Waals surface area contributed by atoms with Gasteiger partial charge < -0.3 is 11.1 Å². The molecule has 0 atom stereocenters. The third kappa shape index (κ3) is 3.42. The molecule has 1 aromatic carbocycles. The third-order valence-corrected chi connectivity index (χ3v) is 1.04. The van der Waals surface area contributed by atoms with Crippen molar-refractivity contribution in [3.05, 3.63) is 30.3 Å². The van der Waals surface area contributed by atoms with Crippen LogP contribution in [-0.4, -0.2) is 17.0 Å². The molecule has 0 bridgehead atoms. The van der Waals surface area contributed by atoms with Crippen molar-refractivity contribution in [3.63, 3.8) is 0 Å². The molecular formula is C7H12N2OSi. The molecular weight excluding hydrogens is 156 g/mol. The highest BCUT2D eigenvalue weighted by Crippen LogP contribution is 2.03. The SMILES string of the molecule is NC(=O)Nc1ccccc1.[SiH4]. The van der Waals surface area contributed by atoms with E-state index in [9.17, 15) is 4.79 Å². The number of urea groups is 1. The Balaban J connectivity index is 0.000001000. The van der Waals surface area contributed by atoms with Crippen LogP contribution >= 0.6 is 0 Å². The van der Waals surface area contributed by atoms with Crippen molar-refractivity contribution in [3.8, 4) is 0 Å². The number of hydrogen-bond donors (Lipinski definition) is 2. The lowest BCUT2D eigenvalue weighted by molar-refractivity contribution is 0.259. The molecule has 0 aliphatic rings. The van der Waals surface area contributed by atoms with E-state index in [0.717, 1.165) is 5.69 Å². The van der Waals surface area contributed by atoms with Crippen molar-refractivity contribution >= 4 is 22.7 Å². The van der Waals surface area contributed by atoms with Gasteiger partial charge in [0.15, 0.2) is 0 Å². The summed E-state index contributed by atoms with van der Waals surface area (Å²) in [5.41, 5.74) is 5.59. The minimum Gasteiger partial charge on any atom is -0.351 e. The van der Waals surface area contributed by atoms with Crippen LogP contribution in [0.4, 0.5) is 10.5 Å². The Bertz CT molecular complexity index is 225. The maximum atomic E-state index is 10.3. The van der Waals surface area contributed by atoms with E-state index in [1.54, 1.807) is 12.1 Å². The highest BCUT2D eigenvalue weighted by atomic mass is 28.1. The second-order valence-electron chi connectivity index (χ2n) is 1.86. The molecule has 0 aliphatic heterocycles. The number of carbonyl (C=O) groups is 1. The van der Waals surface area contributed by atoms with Gasteiger partial charge in [0, 0.05) is 5.69 Å². The Morgan fingerprint density at radius 3 is 2.27 bits per heavy atom. The zero-order valence-electron chi connectivity index (χ0n) is 5.37. The van der Waals surface area contributed by atoms with Crippen LogP contribution in [0.15, 0.2) is 30.3 Å². The Kier molecular flexibility index (Phi) is 3.98. The number of rotatable bonds is 1. The number of amides is 2. The monoisotopic (exact) mass is 168 g/mol. The highest BCUT2D eigenvalue weighted by molar-refractivity contribution is 5.87. The topological polar surface area (TPSA) is 55.1 Å². The minimum atomic E-state index is -0.536. The molecule has 60 valence electrons. The number of anilines is 1. The molecule has 2 amide bonds. The van der Waals surface area contributed by atoms with Gasteiger partial charge >= 0.3 is 6.03 Å². The number of hydrogen-bond acceptors (Lipinski definition) is 1. The first-order valence-corrected chi connectivity index (χ1v) is 2.90. The zero-order valence-corrected chi connectivity index (χ0v) is 5.37. The molecule has 0 saturated heterocycles. The minimum absolute atomic E-state index is 0. The third-order valence-electron chi connectivity index (χ3n) is 1.04. The Hall–Kier alpha value is -1.29. The fourth-order valence-corrected chi connectivity index (χ4v) is 0.664. The number of nitrogens with one attached hydrogen (secondary N) is 1. The summed E-state index contributed by atoms with van der Waals surface area (Å²) in [6.45, 7) is 0. The molecule has 3 nitrogen and oxygen atoms in total. The molecule has 3 N–H and O–H groups in total. The molecule has 0 aliphatic carbocycles. The summed E-state index contributed by atoms with van der Waals surface area (Å²) < 4.78 is 0. The van der Waals surface area contributed by atoms with E-state index in [1.165, 1.54) is 0 Å². The van der Waals surface area contributed by atoms with Gasteiger partial charge in [0.05, 0.1) is 0 Å². The smallest absolute Gasteiger partial charge is 0.316 e. The molecule has 1 aromatic rings. The van der Waals surface area contributed by atoms with Crippen LogP contribution in [0.1, 0.15) is 0 Å². The summed E-state index contributed by atoms with van der Waals surface area (Å²) >= 11 is 0. The Morgan fingerprint density at radius 1 is 1.27 bits per heavy atom. The standard InChI is InChI=1S/C7H8N2O.H4Si/c8-7(10)9-6-4-2-1-3-5-6;/h1-5H,(H3,8,9,10);1H4. The van der Waals surface area contributed by atoms with Crippen molar-refractivity contribution < 1.29 is 4.79 Å². The molecule has 4 heteroatoms. The Labute approximate surface area is 69.6 Å². The summed E-state index contributed by atoms with van der Waals surface area (Å²) in [5.74, 6) is 0. The van der Waals surface area contributed by atoms with Crippen LogP contribution < -0.4 is 11.1 Å². The van der Waals surface area contributed by atoms with Crippen LogP contribution in [0.3, 0.4) is 0 Å². The van der Waals surface area contributed by atoms with E-state index in [-0.39, 0.29) is 11.0 Å². The molecule has 0 spiro atoms. The van der Waals surface area contributed by atoms with E-state index in [0.29, 0.717) is 0 Å². The predicted molar refractivity (Wildman–Crippen MR) is 51.0 cm³/mol. The molecule has 11 heavy (non-hydrogen) atoms. The fraction of sp³-hybridized carbons (Fsp3) is 0. The van der Waals surface area contributed by atoms with Crippen LogP contribution in [0.5, 0.6) is 0 Å².